The Morgan fingerprint density at radius 3 is 2.67 bits per heavy atom. The molecule has 0 amide bonds. The van der Waals surface area contributed by atoms with Gasteiger partial charge in [0.25, 0.3) is 5.69 Å². The van der Waals surface area contributed by atoms with Gasteiger partial charge in [-0.05, 0) is 48.7 Å². The number of nitrogens with one attached hydrogen (secondary N) is 1. The number of esters is 1. The number of carbonyl (C=O) groups is 1. The number of hydrogen-bond acceptors (Lipinski definition) is 7. The molecule has 202 valence electrons. The fourth-order valence-corrected chi connectivity index (χ4v) is 4.89. The van der Waals surface area contributed by atoms with E-state index in [9.17, 15) is 14.9 Å². The van der Waals surface area contributed by atoms with E-state index in [1.54, 1.807) is 56.1 Å². The molecule has 4 aromatic rings. The highest BCUT2D eigenvalue weighted by Gasteiger charge is 2.36. The molecule has 9 heteroatoms. The van der Waals surface area contributed by atoms with Crippen LogP contribution in [0.2, 0.25) is 0 Å². The summed E-state index contributed by atoms with van der Waals surface area (Å²) in [5.74, 6) is -0.569. The van der Waals surface area contributed by atoms with E-state index in [1.807, 2.05) is 48.0 Å². The van der Waals surface area contributed by atoms with Gasteiger partial charge in [-0.15, -0.1) is 0 Å². The third-order valence-corrected chi connectivity index (χ3v) is 6.71. The monoisotopic (exact) mass is 536 g/mol. The normalized spacial score (nSPS) is 15.4. The Morgan fingerprint density at radius 1 is 1.15 bits per heavy atom. The summed E-state index contributed by atoms with van der Waals surface area (Å²) in [5, 5.41) is 14.8. The molecule has 2 aromatic carbocycles. The molecule has 1 aliphatic heterocycles. The van der Waals surface area contributed by atoms with Crippen LogP contribution < -0.4 is 5.32 Å². The molecule has 0 radical (unpaired) electrons. The number of imidazole rings is 1. The third kappa shape index (κ3) is 5.78. The molecule has 0 bridgehead atoms. The van der Waals surface area contributed by atoms with Crippen molar-refractivity contribution < 1.29 is 18.9 Å². The van der Waals surface area contributed by atoms with Gasteiger partial charge in [0.05, 0.1) is 23.1 Å². The quantitative estimate of drug-likeness (QED) is 0.157. The van der Waals surface area contributed by atoms with Crippen LogP contribution in [0.25, 0.3) is 11.6 Å². The van der Waals surface area contributed by atoms with Gasteiger partial charge in [0.1, 0.15) is 12.4 Å². The van der Waals surface area contributed by atoms with Gasteiger partial charge in [0, 0.05) is 54.0 Å². The maximum absolute atomic E-state index is 13.5. The third-order valence-electron chi connectivity index (χ3n) is 6.71. The van der Waals surface area contributed by atoms with Gasteiger partial charge in [-0.25, -0.2) is 9.78 Å². The number of furan rings is 1. The lowest BCUT2D eigenvalue weighted by molar-refractivity contribution is -0.384. The van der Waals surface area contributed by atoms with Crippen LogP contribution in [-0.4, -0.2) is 27.1 Å². The van der Waals surface area contributed by atoms with Crippen LogP contribution in [0.3, 0.4) is 0 Å². The second-order valence-corrected chi connectivity index (χ2v) is 9.44. The number of aromatic nitrogens is 2. The molecule has 3 heterocycles. The minimum Gasteiger partial charge on any atom is -0.465 e. The zero-order valence-corrected chi connectivity index (χ0v) is 22.1. The number of dihydropyridines is 1. The van der Waals surface area contributed by atoms with Crippen LogP contribution in [0, 0.1) is 10.1 Å². The lowest BCUT2D eigenvalue weighted by Gasteiger charge is -2.30. The zero-order chi connectivity index (χ0) is 28.1. The van der Waals surface area contributed by atoms with E-state index in [1.165, 1.54) is 12.1 Å². The topological polar surface area (TPSA) is 112 Å². The van der Waals surface area contributed by atoms with Gasteiger partial charge in [0.2, 0.25) is 0 Å². The Kier molecular flexibility index (Phi) is 7.72. The first-order chi connectivity index (χ1) is 19.4. The van der Waals surface area contributed by atoms with E-state index in [0.717, 1.165) is 28.9 Å². The minimum absolute atomic E-state index is 0.0585. The number of carbonyl (C=O) groups excluding carboxylic acids is 1. The number of nitro benzene ring substituents is 1. The average molecular weight is 537 g/mol. The summed E-state index contributed by atoms with van der Waals surface area (Å²) < 4.78 is 13.4. The first kappa shape index (κ1) is 26.4. The number of hydrogen-bond donors (Lipinski definition) is 1. The van der Waals surface area contributed by atoms with Crippen molar-refractivity contribution in [1.29, 1.82) is 0 Å². The van der Waals surface area contributed by atoms with Crippen LogP contribution in [-0.2, 0) is 16.1 Å². The van der Waals surface area contributed by atoms with Crippen LogP contribution in [0.4, 0.5) is 5.69 Å². The predicted molar refractivity (Wildman–Crippen MR) is 151 cm³/mol. The van der Waals surface area contributed by atoms with Crippen LogP contribution in [0.5, 0.6) is 0 Å². The molecule has 0 saturated carbocycles. The number of nitrogens with zero attached hydrogens (tertiary/aromatic N) is 3. The van der Waals surface area contributed by atoms with Crippen molar-refractivity contribution in [3.63, 3.8) is 0 Å². The molecule has 40 heavy (non-hydrogen) atoms. The van der Waals surface area contributed by atoms with Crippen LogP contribution >= 0.6 is 0 Å². The highest BCUT2D eigenvalue weighted by molar-refractivity contribution is 5.97. The summed E-state index contributed by atoms with van der Waals surface area (Å²) in [6, 6.07) is 18.0. The van der Waals surface area contributed by atoms with E-state index in [4.69, 9.17) is 9.15 Å². The number of benzene rings is 2. The second-order valence-electron chi connectivity index (χ2n) is 9.44. The number of rotatable bonds is 9. The molecule has 0 aliphatic carbocycles. The largest absolute Gasteiger partial charge is 0.465 e. The fraction of sp³-hybridized carbons (Fsp3) is 0.161. The van der Waals surface area contributed by atoms with Crippen molar-refractivity contribution in [2.75, 3.05) is 6.61 Å². The van der Waals surface area contributed by atoms with Crippen molar-refractivity contribution >= 4 is 23.3 Å². The molecule has 1 unspecified atom stereocenters. The molecule has 0 fully saturated rings. The fourth-order valence-electron chi connectivity index (χ4n) is 4.89. The lowest BCUT2D eigenvalue weighted by atomic mass is 9.79. The smallest absolute Gasteiger partial charge is 0.337 e. The highest BCUT2D eigenvalue weighted by atomic mass is 16.6. The van der Waals surface area contributed by atoms with E-state index < -0.39 is 16.8 Å². The van der Waals surface area contributed by atoms with E-state index >= 15 is 0 Å². The van der Waals surface area contributed by atoms with E-state index in [2.05, 4.69) is 10.3 Å². The summed E-state index contributed by atoms with van der Waals surface area (Å²) in [6.45, 7) is 4.48. The maximum atomic E-state index is 13.5. The molecule has 5 rings (SSSR count). The number of non-ortho nitro benzene ring substituents is 1. The van der Waals surface area contributed by atoms with Gasteiger partial charge in [0.15, 0.2) is 0 Å². The summed E-state index contributed by atoms with van der Waals surface area (Å²) in [4.78, 5) is 28.6. The van der Waals surface area contributed by atoms with E-state index in [-0.39, 0.29) is 12.3 Å². The summed E-state index contributed by atoms with van der Waals surface area (Å²) in [6.07, 6.45) is 10.7. The Balaban J connectivity index is 1.34. The Hall–Kier alpha value is -5.18. The standard InChI is InChI=1S/C31H28N4O5/c1-21-28(27-9-5-16-39-27)30(25-7-3-8-26(18-25)35(37)38)29(22(2)33-21)31(36)40-17-4-6-23-10-12-24(13-11-23)19-34-15-14-32-20-34/h3-16,18,20,30,33H,17,19H2,1-2H3. The van der Waals surface area contributed by atoms with Crippen molar-refractivity contribution in [2.45, 2.75) is 26.3 Å². The molecular formula is C31H28N4O5. The summed E-state index contributed by atoms with van der Waals surface area (Å²) >= 11 is 0. The van der Waals surface area contributed by atoms with Gasteiger partial charge >= 0.3 is 5.97 Å². The molecule has 9 nitrogen and oxygen atoms in total. The first-order valence-electron chi connectivity index (χ1n) is 12.8. The number of ether oxygens (including phenoxy) is 1. The summed E-state index contributed by atoms with van der Waals surface area (Å²) in [5.41, 5.74) is 5.16. The molecule has 2 aromatic heterocycles. The molecule has 1 atom stereocenters. The van der Waals surface area contributed by atoms with Crippen molar-refractivity contribution in [2.24, 2.45) is 0 Å². The van der Waals surface area contributed by atoms with Crippen molar-refractivity contribution in [3.05, 3.63) is 141 Å². The number of nitro groups is 1. The summed E-state index contributed by atoms with van der Waals surface area (Å²) in [7, 11) is 0. The Labute approximate surface area is 231 Å². The molecule has 0 spiro atoms. The van der Waals surface area contributed by atoms with Gasteiger partial charge < -0.3 is 19.0 Å². The zero-order valence-electron chi connectivity index (χ0n) is 22.1. The lowest BCUT2D eigenvalue weighted by Crippen LogP contribution is -2.28. The van der Waals surface area contributed by atoms with Crippen LogP contribution in [0.15, 0.2) is 113 Å². The average Bonchev–Trinajstić information content (AvgIpc) is 3.66. The highest BCUT2D eigenvalue weighted by Crippen LogP contribution is 2.44. The Morgan fingerprint density at radius 2 is 1.98 bits per heavy atom. The Bertz CT molecular complexity index is 1600. The minimum atomic E-state index is -0.619. The molecule has 0 saturated heterocycles. The second kappa shape index (κ2) is 11.7. The maximum Gasteiger partial charge on any atom is 0.337 e. The SMILES string of the molecule is CC1=C(C(=O)OCC=Cc2ccc(Cn3ccnc3)cc2)C(c2cccc([N+](=O)[O-])c2)C(c2ccco2)=C(C)N1. The molecule has 1 N–H and O–H groups in total. The van der Waals surface area contributed by atoms with Gasteiger partial charge in [-0.3, -0.25) is 10.1 Å². The predicted octanol–water partition coefficient (Wildman–Crippen LogP) is 6.08. The first-order valence-corrected chi connectivity index (χ1v) is 12.8. The van der Waals surface area contributed by atoms with E-state index in [0.29, 0.717) is 22.6 Å². The van der Waals surface area contributed by atoms with Crippen molar-refractivity contribution in [1.82, 2.24) is 14.9 Å². The molecular weight excluding hydrogens is 508 g/mol. The van der Waals surface area contributed by atoms with Crippen LogP contribution in [0.1, 0.15) is 42.2 Å². The number of allylic oxidation sites excluding steroid dienone is 3. The molecule has 1 aliphatic rings. The van der Waals surface area contributed by atoms with Gasteiger partial charge in [-0.1, -0.05) is 42.5 Å². The van der Waals surface area contributed by atoms with Gasteiger partial charge in [-0.2, -0.15) is 0 Å². The van der Waals surface area contributed by atoms with Crippen molar-refractivity contribution in [3.8, 4) is 0 Å².